The minimum atomic E-state index is 0.210. The fraction of sp³-hybridized carbons (Fsp3) is 0.316. The molecule has 3 rings (SSSR count). The summed E-state index contributed by atoms with van der Waals surface area (Å²) in [5.74, 6) is 0.210. The quantitative estimate of drug-likeness (QED) is 0.717. The van der Waals surface area contributed by atoms with Crippen LogP contribution in [-0.4, -0.2) is 18.6 Å². The highest BCUT2D eigenvalue weighted by molar-refractivity contribution is 5.96. The Kier molecular flexibility index (Phi) is 5.18. The van der Waals surface area contributed by atoms with E-state index in [0.717, 1.165) is 30.6 Å². The third kappa shape index (κ3) is 4.26. The first-order valence-electron chi connectivity index (χ1n) is 8.11. The lowest BCUT2D eigenvalue weighted by molar-refractivity contribution is 0.0982. The number of Topliss-reactive ketones (excluding diaryl/α,β-unsaturated/α-hetero) is 1. The van der Waals surface area contributed by atoms with E-state index in [0.29, 0.717) is 6.42 Å². The van der Waals surface area contributed by atoms with Gasteiger partial charge in [0.2, 0.25) is 0 Å². The first-order chi connectivity index (χ1) is 11.2. The van der Waals surface area contributed by atoms with Crippen molar-refractivity contribution >= 4 is 5.78 Å². The van der Waals surface area contributed by atoms with Gasteiger partial charge in [0, 0.05) is 18.4 Å². The van der Waals surface area contributed by atoms with Crippen LogP contribution in [-0.2, 0) is 12.8 Å². The highest BCUT2D eigenvalue weighted by atomic mass is 16.1. The maximum Gasteiger partial charge on any atom is 0.163 e. The molecule has 0 amide bonds. The Hall–Kier alpha value is -2.01. The van der Waals surface area contributed by atoms with Crippen LogP contribution in [0, 0.1) is 6.92 Å². The van der Waals surface area contributed by atoms with Gasteiger partial charge >= 0.3 is 0 Å². The molecule has 1 aliphatic heterocycles. The van der Waals surface area contributed by atoms with Crippen LogP contribution in [0.1, 0.15) is 33.5 Å². The van der Waals surface area contributed by atoms with Gasteiger partial charge in [0.1, 0.15) is 0 Å². The van der Waals surface area contributed by atoms with Gasteiger partial charge in [-0.1, -0.05) is 48.0 Å². The van der Waals surface area contributed by atoms with E-state index in [1.807, 2.05) is 37.3 Å². The second-order valence-electron chi connectivity index (χ2n) is 6.02. The van der Waals surface area contributed by atoms with Crippen LogP contribution in [0.15, 0.2) is 48.5 Å². The van der Waals surface area contributed by atoms with Crippen LogP contribution in [0.2, 0.25) is 0 Å². The summed E-state index contributed by atoms with van der Waals surface area (Å²) in [6, 6.07) is 16.2. The van der Waals surface area contributed by atoms with E-state index in [9.17, 15) is 4.79 Å². The van der Waals surface area contributed by atoms with Crippen LogP contribution < -0.4 is 16.2 Å². The standard InChI is InChI=1S/C19H23N3O/c1-14-5-4-8-17(11-14)18(23)10-9-15-6-2-3-7-16(15)12-19-20-13-21-22-19/h2-8,11,19-22H,9-10,12-13H2,1H3. The van der Waals surface area contributed by atoms with Gasteiger partial charge in [-0.15, -0.1) is 0 Å². The van der Waals surface area contributed by atoms with E-state index in [1.54, 1.807) is 0 Å². The minimum Gasteiger partial charge on any atom is -0.294 e. The van der Waals surface area contributed by atoms with Crippen LogP contribution in [0.25, 0.3) is 0 Å². The molecule has 4 heteroatoms. The van der Waals surface area contributed by atoms with Crippen LogP contribution in [0.5, 0.6) is 0 Å². The van der Waals surface area contributed by atoms with Crippen molar-refractivity contribution < 1.29 is 4.79 Å². The van der Waals surface area contributed by atoms with Crippen LogP contribution in [0.4, 0.5) is 0 Å². The maximum absolute atomic E-state index is 12.4. The van der Waals surface area contributed by atoms with Crippen molar-refractivity contribution in [1.29, 1.82) is 0 Å². The van der Waals surface area contributed by atoms with Gasteiger partial charge in [0.15, 0.2) is 5.78 Å². The SMILES string of the molecule is Cc1cccc(C(=O)CCc2ccccc2CC2NCNN2)c1. The molecule has 1 unspecified atom stereocenters. The first kappa shape index (κ1) is 15.9. The summed E-state index contributed by atoms with van der Waals surface area (Å²) in [6.07, 6.45) is 2.47. The van der Waals surface area contributed by atoms with Crippen molar-refractivity contribution in [2.24, 2.45) is 0 Å². The number of hydrogen-bond acceptors (Lipinski definition) is 4. The molecule has 1 fully saturated rings. The fourth-order valence-corrected chi connectivity index (χ4v) is 2.95. The number of hydrogen-bond donors (Lipinski definition) is 3. The summed E-state index contributed by atoms with van der Waals surface area (Å²) in [4.78, 5) is 12.4. The molecule has 0 bridgehead atoms. The fourth-order valence-electron chi connectivity index (χ4n) is 2.95. The van der Waals surface area contributed by atoms with Crippen LogP contribution in [0.3, 0.4) is 0 Å². The zero-order chi connectivity index (χ0) is 16.1. The lowest BCUT2D eigenvalue weighted by Gasteiger charge is -2.14. The molecule has 0 spiro atoms. The van der Waals surface area contributed by atoms with Crippen molar-refractivity contribution in [2.75, 3.05) is 6.67 Å². The summed E-state index contributed by atoms with van der Waals surface area (Å²) >= 11 is 0. The molecule has 1 atom stereocenters. The van der Waals surface area contributed by atoms with Gasteiger partial charge < -0.3 is 0 Å². The number of carbonyl (C=O) groups is 1. The van der Waals surface area contributed by atoms with E-state index < -0.39 is 0 Å². The Balaban J connectivity index is 1.64. The average molecular weight is 309 g/mol. The first-order valence-corrected chi connectivity index (χ1v) is 8.11. The van der Waals surface area contributed by atoms with E-state index in [4.69, 9.17) is 0 Å². The number of carbonyl (C=O) groups excluding carboxylic acids is 1. The Labute approximate surface area is 137 Å². The molecule has 0 aromatic heterocycles. The Morgan fingerprint density at radius 1 is 1.13 bits per heavy atom. The molecule has 2 aromatic carbocycles. The summed E-state index contributed by atoms with van der Waals surface area (Å²) in [5.41, 5.74) is 10.8. The van der Waals surface area contributed by atoms with Gasteiger partial charge in [0.25, 0.3) is 0 Å². The van der Waals surface area contributed by atoms with E-state index in [1.165, 1.54) is 11.1 Å². The van der Waals surface area contributed by atoms with Gasteiger partial charge in [-0.05, 0) is 30.5 Å². The zero-order valence-electron chi connectivity index (χ0n) is 13.4. The summed E-state index contributed by atoms with van der Waals surface area (Å²) in [6.45, 7) is 2.79. The zero-order valence-corrected chi connectivity index (χ0v) is 13.4. The molecule has 3 N–H and O–H groups in total. The second kappa shape index (κ2) is 7.51. The van der Waals surface area contributed by atoms with Crippen LogP contribution >= 0.6 is 0 Å². The lowest BCUT2D eigenvalue weighted by atomic mass is 9.96. The normalized spacial score (nSPS) is 17.3. The number of ketones is 1. The van der Waals surface area contributed by atoms with E-state index in [-0.39, 0.29) is 11.9 Å². The largest absolute Gasteiger partial charge is 0.294 e. The van der Waals surface area contributed by atoms with Crippen molar-refractivity contribution in [1.82, 2.24) is 16.2 Å². The minimum absolute atomic E-state index is 0.210. The molecule has 2 aromatic rings. The van der Waals surface area contributed by atoms with Crippen molar-refractivity contribution in [3.63, 3.8) is 0 Å². The second-order valence-corrected chi connectivity index (χ2v) is 6.02. The number of nitrogens with one attached hydrogen (secondary N) is 3. The van der Waals surface area contributed by atoms with Crippen molar-refractivity contribution in [2.45, 2.75) is 32.4 Å². The van der Waals surface area contributed by atoms with Crippen molar-refractivity contribution in [3.05, 3.63) is 70.8 Å². The molecule has 0 radical (unpaired) electrons. The number of rotatable bonds is 6. The smallest absolute Gasteiger partial charge is 0.163 e. The molecule has 23 heavy (non-hydrogen) atoms. The third-order valence-electron chi connectivity index (χ3n) is 4.22. The molecule has 120 valence electrons. The molecular formula is C19H23N3O. The predicted octanol–water partition coefficient (Wildman–Crippen LogP) is 2.33. The molecule has 0 saturated carbocycles. The van der Waals surface area contributed by atoms with Gasteiger partial charge in [0.05, 0.1) is 12.8 Å². The molecule has 4 nitrogen and oxygen atoms in total. The highest BCUT2D eigenvalue weighted by Crippen LogP contribution is 2.15. The lowest BCUT2D eigenvalue weighted by Crippen LogP contribution is -2.35. The molecular weight excluding hydrogens is 286 g/mol. The van der Waals surface area contributed by atoms with E-state index in [2.05, 4.69) is 34.4 Å². The number of aryl methyl sites for hydroxylation is 2. The summed E-state index contributed by atoms with van der Waals surface area (Å²) in [7, 11) is 0. The topological polar surface area (TPSA) is 53.2 Å². The van der Waals surface area contributed by atoms with Gasteiger partial charge in [-0.2, -0.15) is 0 Å². The van der Waals surface area contributed by atoms with E-state index >= 15 is 0 Å². The Bertz CT molecular complexity index is 678. The predicted molar refractivity (Wildman–Crippen MR) is 92.0 cm³/mol. The summed E-state index contributed by atoms with van der Waals surface area (Å²) in [5, 5.41) is 3.34. The number of benzene rings is 2. The molecule has 1 aliphatic rings. The maximum atomic E-state index is 12.4. The molecule has 1 saturated heterocycles. The Morgan fingerprint density at radius 2 is 1.96 bits per heavy atom. The third-order valence-corrected chi connectivity index (χ3v) is 4.22. The monoisotopic (exact) mass is 309 g/mol. The van der Waals surface area contributed by atoms with Crippen molar-refractivity contribution in [3.8, 4) is 0 Å². The number of hydrazine groups is 1. The highest BCUT2D eigenvalue weighted by Gasteiger charge is 2.15. The Morgan fingerprint density at radius 3 is 2.70 bits per heavy atom. The van der Waals surface area contributed by atoms with Gasteiger partial charge in [-0.25, -0.2) is 10.9 Å². The molecule has 0 aliphatic carbocycles. The molecule has 1 heterocycles. The van der Waals surface area contributed by atoms with Gasteiger partial charge in [-0.3, -0.25) is 10.1 Å². The average Bonchev–Trinajstić information content (AvgIpc) is 3.07. The summed E-state index contributed by atoms with van der Waals surface area (Å²) < 4.78 is 0.